The third kappa shape index (κ3) is 5.45. The smallest absolute Gasteiger partial charge is 0.469 e. The molecule has 6 atom stereocenters. The highest BCUT2D eigenvalue weighted by Gasteiger charge is 2.46. The first-order valence-corrected chi connectivity index (χ1v) is 8.05. The van der Waals surface area contributed by atoms with Crippen LogP contribution in [-0.4, -0.2) is 67.3 Å². The van der Waals surface area contributed by atoms with Crippen LogP contribution in [0.25, 0.3) is 0 Å². The van der Waals surface area contributed by atoms with Crippen LogP contribution in [0.4, 0.5) is 0 Å². The molecule has 0 bridgehead atoms. The first-order valence-electron chi connectivity index (χ1n) is 5.02. The highest BCUT2D eigenvalue weighted by Crippen LogP contribution is 2.39. The van der Waals surface area contributed by atoms with E-state index in [2.05, 4.69) is 13.8 Å². The lowest BCUT2D eigenvalue weighted by Crippen LogP contribution is -2.59. The molecule has 1 heterocycles. The van der Waals surface area contributed by atoms with Crippen molar-refractivity contribution in [1.82, 2.24) is 0 Å². The number of phosphoric acid groups is 2. The zero-order valence-electron chi connectivity index (χ0n) is 9.62. The number of rotatable bonds is 5. The van der Waals surface area contributed by atoms with Gasteiger partial charge in [0.05, 0.1) is 6.61 Å². The van der Waals surface area contributed by atoms with Gasteiger partial charge < -0.3 is 39.6 Å². The Morgan fingerprint density at radius 2 is 1.60 bits per heavy atom. The summed E-state index contributed by atoms with van der Waals surface area (Å²) in [6, 6.07) is 0. The maximum absolute atomic E-state index is 10.5. The van der Waals surface area contributed by atoms with Crippen molar-refractivity contribution in [3.63, 3.8) is 0 Å². The molecule has 0 aromatic rings. The van der Waals surface area contributed by atoms with Crippen LogP contribution in [0, 0.1) is 0 Å². The summed E-state index contributed by atoms with van der Waals surface area (Å²) in [6.45, 7) is -0.927. The predicted octanol–water partition coefficient (Wildman–Crippen LogP) is -3.62. The summed E-state index contributed by atoms with van der Waals surface area (Å²) in [4.78, 5) is 36.0. The second kappa shape index (κ2) is 6.44. The van der Waals surface area contributed by atoms with Crippen LogP contribution in [-0.2, 0) is 22.9 Å². The van der Waals surface area contributed by atoms with Crippen molar-refractivity contribution < 1.29 is 57.8 Å². The molecule has 0 saturated carbocycles. The van der Waals surface area contributed by atoms with E-state index in [0.717, 1.165) is 0 Å². The van der Waals surface area contributed by atoms with Gasteiger partial charge in [-0.2, -0.15) is 0 Å². The van der Waals surface area contributed by atoms with Crippen molar-refractivity contribution in [2.24, 2.45) is 0 Å². The normalized spacial score (nSPS) is 38.5. The summed E-state index contributed by atoms with van der Waals surface area (Å²) >= 11 is 0. The minimum absolute atomic E-state index is 0.927. The average Bonchev–Trinajstić information content (AvgIpc) is 2.25. The second-order valence-corrected chi connectivity index (χ2v) is 6.26. The van der Waals surface area contributed by atoms with E-state index in [9.17, 15) is 29.3 Å². The molecule has 14 heteroatoms. The number of hydrogen-bond donors (Lipinski definition) is 6. The van der Waals surface area contributed by atoms with Crippen molar-refractivity contribution in [3.8, 4) is 0 Å². The molecule has 0 aromatic heterocycles. The molecule has 12 nitrogen and oxygen atoms in total. The lowest BCUT2D eigenvalue weighted by molar-refractivity contribution is -0.302. The molecule has 1 rings (SSSR count). The maximum atomic E-state index is 10.5. The molecule has 1 fully saturated rings. The number of ether oxygens (including phenoxy) is 1. The second-order valence-electron chi connectivity index (χ2n) is 3.88. The van der Waals surface area contributed by atoms with Crippen LogP contribution in [0.15, 0.2) is 0 Å². The van der Waals surface area contributed by atoms with Gasteiger partial charge in [-0.1, -0.05) is 0 Å². The van der Waals surface area contributed by atoms with Gasteiger partial charge in [0.25, 0.3) is 7.82 Å². The Morgan fingerprint density at radius 3 is 2.05 bits per heavy atom. The van der Waals surface area contributed by atoms with E-state index >= 15 is 0 Å². The Bertz CT molecular complexity index is 412. The van der Waals surface area contributed by atoms with Crippen LogP contribution in [0.1, 0.15) is 0 Å². The van der Waals surface area contributed by atoms with E-state index in [0.29, 0.717) is 0 Å². The van der Waals surface area contributed by atoms with Crippen molar-refractivity contribution in [2.45, 2.75) is 30.7 Å². The summed E-state index contributed by atoms with van der Waals surface area (Å²) in [5, 5.41) is 28.3. The number of phosphoric ester groups is 2. The molecule has 6 N–H and O–H groups in total. The largest absolute Gasteiger partial charge is 0.756 e. The zero-order valence-corrected chi connectivity index (χ0v) is 11.4. The van der Waals surface area contributed by atoms with Gasteiger partial charge in [0.15, 0.2) is 6.29 Å². The number of hydrogen-bond acceptors (Lipinski definition) is 9. The summed E-state index contributed by atoms with van der Waals surface area (Å²) in [5.41, 5.74) is 0. The van der Waals surface area contributed by atoms with Crippen LogP contribution < -0.4 is 4.89 Å². The topological polar surface area (TPSA) is 206 Å². The summed E-state index contributed by atoms with van der Waals surface area (Å²) in [6.07, 6.45) is -9.50. The molecule has 0 radical (unpaired) electrons. The fraction of sp³-hybridized carbons (Fsp3) is 1.00. The number of aliphatic hydroxyl groups excluding tert-OH is 3. The maximum Gasteiger partial charge on any atom is 0.469 e. The van der Waals surface area contributed by atoms with Crippen molar-refractivity contribution in [1.29, 1.82) is 0 Å². The third-order valence-corrected chi connectivity index (χ3v) is 3.27. The highest BCUT2D eigenvalue weighted by molar-refractivity contribution is 7.46. The fourth-order valence-corrected chi connectivity index (χ4v) is 2.22. The zero-order chi connectivity index (χ0) is 15.7. The van der Waals surface area contributed by atoms with Gasteiger partial charge in [0, 0.05) is 0 Å². The van der Waals surface area contributed by atoms with Crippen molar-refractivity contribution in [3.05, 3.63) is 0 Å². The van der Waals surface area contributed by atoms with E-state index in [1.54, 1.807) is 0 Å². The molecular formula is C6H13O12P2-. The highest BCUT2D eigenvalue weighted by atomic mass is 31.2. The minimum atomic E-state index is -5.32. The van der Waals surface area contributed by atoms with E-state index in [1.807, 2.05) is 0 Å². The summed E-state index contributed by atoms with van der Waals surface area (Å²) < 4.78 is 33.7. The van der Waals surface area contributed by atoms with Gasteiger partial charge in [-0.3, -0.25) is 13.6 Å². The Morgan fingerprint density at radius 1 is 1.05 bits per heavy atom. The van der Waals surface area contributed by atoms with E-state index in [-0.39, 0.29) is 0 Å². The van der Waals surface area contributed by atoms with Gasteiger partial charge in [-0.25, -0.2) is 4.57 Å². The summed E-state index contributed by atoms with van der Waals surface area (Å²) in [5.74, 6) is 0. The molecule has 1 aliphatic heterocycles. The molecule has 0 amide bonds. The molecule has 0 aliphatic carbocycles. The molecule has 0 aromatic carbocycles. The average molecular weight is 339 g/mol. The first-order chi connectivity index (χ1) is 8.91. The summed E-state index contributed by atoms with van der Waals surface area (Å²) in [7, 11) is -10.2. The van der Waals surface area contributed by atoms with Crippen LogP contribution >= 0.6 is 15.6 Å². The first kappa shape index (κ1) is 18.1. The molecule has 20 heavy (non-hydrogen) atoms. The third-order valence-electron chi connectivity index (χ3n) is 2.31. The van der Waals surface area contributed by atoms with E-state index in [4.69, 9.17) is 14.7 Å². The van der Waals surface area contributed by atoms with Gasteiger partial charge >= 0.3 is 7.82 Å². The van der Waals surface area contributed by atoms with Crippen molar-refractivity contribution >= 4 is 15.6 Å². The predicted molar refractivity (Wildman–Crippen MR) is 55.6 cm³/mol. The van der Waals surface area contributed by atoms with E-state index in [1.165, 1.54) is 0 Å². The Balaban J connectivity index is 2.76. The van der Waals surface area contributed by atoms with Gasteiger partial charge in [-0.15, -0.1) is 0 Å². The van der Waals surface area contributed by atoms with Gasteiger partial charge in [0.1, 0.15) is 24.4 Å². The molecule has 1 saturated heterocycles. The van der Waals surface area contributed by atoms with Crippen LogP contribution in [0.2, 0.25) is 0 Å². The Hall–Kier alpha value is 0.0600. The van der Waals surface area contributed by atoms with Crippen LogP contribution in [0.5, 0.6) is 0 Å². The SMILES string of the molecule is O=P([O-])(O)O[C@H]1O[C@@H](COP(=O)(O)O)[C@H](O)[C@@H](O)[C@@H]1O. The molecule has 1 aliphatic rings. The standard InChI is InChI=1S/C6H14O12P2/c7-3-2(1-16-19(10,11)12)17-6(5(9)4(3)8)18-20(13,14)15/h2-9H,1H2,(H2,10,11,12)(H2,13,14,15)/p-1/t2-,3-,4+,5-,6+/m0/s1. The van der Waals surface area contributed by atoms with Gasteiger partial charge in [0.2, 0.25) is 0 Å². The Labute approximate surface area is 112 Å². The number of aliphatic hydroxyl groups is 3. The lowest BCUT2D eigenvalue weighted by Gasteiger charge is -2.40. The Kier molecular flexibility index (Phi) is 5.83. The lowest BCUT2D eigenvalue weighted by atomic mass is 10.00. The van der Waals surface area contributed by atoms with Crippen molar-refractivity contribution in [2.75, 3.05) is 6.61 Å². The molecule has 1 unspecified atom stereocenters. The molecule has 0 spiro atoms. The molecular weight excluding hydrogens is 326 g/mol. The molecule has 120 valence electrons. The fourth-order valence-electron chi connectivity index (χ4n) is 1.44. The van der Waals surface area contributed by atoms with Crippen LogP contribution in [0.3, 0.4) is 0 Å². The van der Waals surface area contributed by atoms with E-state index < -0.39 is 53.0 Å². The quantitative estimate of drug-likeness (QED) is 0.268. The monoisotopic (exact) mass is 339 g/mol. The van der Waals surface area contributed by atoms with Gasteiger partial charge in [-0.05, 0) is 0 Å². The minimum Gasteiger partial charge on any atom is -0.756 e.